The molecule has 1 heterocycles. The molecule has 0 aromatic heterocycles. The van der Waals surface area contributed by atoms with Crippen LogP contribution >= 0.6 is 11.8 Å². The molecule has 0 bridgehead atoms. The number of carbonyl (C=O) groups is 3. The molecule has 0 aliphatic carbocycles. The molecule has 140 valence electrons. The van der Waals surface area contributed by atoms with Crippen molar-refractivity contribution in [2.75, 3.05) is 26.9 Å². The van der Waals surface area contributed by atoms with Gasteiger partial charge in [0.2, 0.25) is 0 Å². The molecule has 1 aromatic carbocycles. The highest BCUT2D eigenvalue weighted by Gasteiger charge is 2.35. The number of ether oxygens (including phenoxy) is 1. The average molecular weight is 376 g/mol. The van der Waals surface area contributed by atoms with E-state index in [1.165, 1.54) is 12.0 Å². The van der Waals surface area contributed by atoms with Crippen molar-refractivity contribution in [3.8, 4) is 0 Å². The Morgan fingerprint density at radius 3 is 2.31 bits per heavy atom. The maximum atomic E-state index is 12.6. The molecule has 2 rings (SSSR count). The van der Waals surface area contributed by atoms with Crippen molar-refractivity contribution in [1.82, 2.24) is 9.80 Å². The van der Waals surface area contributed by atoms with Crippen LogP contribution in [0.5, 0.6) is 0 Å². The van der Waals surface area contributed by atoms with E-state index in [-0.39, 0.29) is 11.1 Å². The van der Waals surface area contributed by atoms with Gasteiger partial charge in [0, 0.05) is 0 Å². The van der Waals surface area contributed by atoms with E-state index in [1.807, 2.05) is 0 Å². The first-order valence-electron chi connectivity index (χ1n) is 8.66. The van der Waals surface area contributed by atoms with Crippen molar-refractivity contribution < 1.29 is 19.1 Å². The monoisotopic (exact) mass is 376 g/mol. The van der Waals surface area contributed by atoms with Crippen molar-refractivity contribution in [1.29, 1.82) is 0 Å². The number of benzene rings is 1. The highest BCUT2D eigenvalue weighted by Crippen LogP contribution is 2.32. The molecule has 0 unspecified atom stereocenters. The minimum atomic E-state index is -0.413. The highest BCUT2D eigenvalue weighted by molar-refractivity contribution is 8.18. The Kier molecular flexibility index (Phi) is 7.41. The predicted molar refractivity (Wildman–Crippen MR) is 103 cm³/mol. The quantitative estimate of drug-likeness (QED) is 0.510. The van der Waals surface area contributed by atoms with E-state index in [9.17, 15) is 14.4 Å². The van der Waals surface area contributed by atoms with Gasteiger partial charge in [0.25, 0.3) is 11.1 Å². The molecular formula is C19H24N2O4S. The summed E-state index contributed by atoms with van der Waals surface area (Å²) in [6.07, 6.45) is 3.62. The van der Waals surface area contributed by atoms with Crippen LogP contribution in [-0.2, 0) is 9.53 Å². The van der Waals surface area contributed by atoms with Gasteiger partial charge in [-0.2, -0.15) is 0 Å². The number of nitrogens with zero attached hydrogens (tertiary/aromatic N) is 2. The van der Waals surface area contributed by atoms with E-state index in [1.54, 1.807) is 30.3 Å². The van der Waals surface area contributed by atoms with Crippen molar-refractivity contribution in [2.24, 2.45) is 0 Å². The van der Waals surface area contributed by atoms with E-state index >= 15 is 0 Å². The molecule has 2 amide bonds. The number of amides is 2. The molecule has 1 aromatic rings. The Morgan fingerprint density at radius 2 is 1.77 bits per heavy atom. The van der Waals surface area contributed by atoms with Crippen LogP contribution in [-0.4, -0.2) is 53.8 Å². The zero-order chi connectivity index (χ0) is 19.1. The van der Waals surface area contributed by atoms with Gasteiger partial charge in [-0.15, -0.1) is 0 Å². The fraction of sp³-hybridized carbons (Fsp3) is 0.421. The number of rotatable bonds is 8. The lowest BCUT2D eigenvalue weighted by Crippen LogP contribution is -2.41. The molecule has 6 nitrogen and oxygen atoms in total. The Labute approximate surface area is 158 Å². The van der Waals surface area contributed by atoms with Crippen LogP contribution in [0, 0.1) is 0 Å². The second-order valence-corrected chi connectivity index (χ2v) is 6.98. The van der Waals surface area contributed by atoms with E-state index in [2.05, 4.69) is 23.5 Å². The SMILES string of the molecule is CCCN(CCC)CN1C(=O)SC(=Cc2ccc(C(=O)OC)cc2)C1=O. The Bertz CT molecular complexity index is 694. The van der Waals surface area contributed by atoms with Gasteiger partial charge in [-0.1, -0.05) is 26.0 Å². The van der Waals surface area contributed by atoms with E-state index in [4.69, 9.17) is 0 Å². The van der Waals surface area contributed by atoms with Crippen LogP contribution < -0.4 is 0 Å². The Morgan fingerprint density at radius 1 is 1.15 bits per heavy atom. The standard InChI is InChI=1S/C19H24N2O4S/c1-4-10-20(11-5-2)13-21-17(22)16(26-19(21)24)12-14-6-8-15(9-7-14)18(23)25-3/h6-9,12H,4-5,10-11,13H2,1-3H3. The fourth-order valence-corrected chi connectivity index (χ4v) is 3.52. The lowest BCUT2D eigenvalue weighted by Gasteiger charge is -2.25. The van der Waals surface area contributed by atoms with Crippen LogP contribution in [0.15, 0.2) is 29.2 Å². The van der Waals surface area contributed by atoms with E-state index in [0.29, 0.717) is 17.1 Å². The molecule has 26 heavy (non-hydrogen) atoms. The number of hydrogen-bond acceptors (Lipinski definition) is 6. The molecule has 1 aliphatic rings. The highest BCUT2D eigenvalue weighted by atomic mass is 32.2. The third kappa shape index (κ3) is 4.95. The van der Waals surface area contributed by atoms with Crippen LogP contribution in [0.3, 0.4) is 0 Å². The van der Waals surface area contributed by atoms with Crippen molar-refractivity contribution in [3.63, 3.8) is 0 Å². The second kappa shape index (κ2) is 9.54. The van der Waals surface area contributed by atoms with E-state index < -0.39 is 5.97 Å². The van der Waals surface area contributed by atoms with Crippen LogP contribution in [0.4, 0.5) is 4.79 Å². The first kappa shape index (κ1) is 20.2. The molecule has 1 fully saturated rings. The van der Waals surface area contributed by atoms with Crippen molar-refractivity contribution in [3.05, 3.63) is 40.3 Å². The first-order chi connectivity index (χ1) is 12.5. The predicted octanol–water partition coefficient (Wildman–Crippen LogP) is 3.59. The molecule has 0 radical (unpaired) electrons. The normalized spacial score (nSPS) is 16.0. The molecular weight excluding hydrogens is 352 g/mol. The topological polar surface area (TPSA) is 66.9 Å². The molecule has 0 saturated carbocycles. The van der Waals surface area contributed by atoms with Crippen LogP contribution in [0.1, 0.15) is 42.6 Å². The van der Waals surface area contributed by atoms with Crippen LogP contribution in [0.25, 0.3) is 6.08 Å². The lowest BCUT2D eigenvalue weighted by atomic mass is 10.1. The van der Waals surface area contributed by atoms with Gasteiger partial charge in [0.1, 0.15) is 0 Å². The molecule has 1 saturated heterocycles. The minimum Gasteiger partial charge on any atom is -0.465 e. The summed E-state index contributed by atoms with van der Waals surface area (Å²) >= 11 is 0.950. The lowest BCUT2D eigenvalue weighted by molar-refractivity contribution is -0.124. The summed E-state index contributed by atoms with van der Waals surface area (Å²) < 4.78 is 4.66. The summed E-state index contributed by atoms with van der Waals surface area (Å²) in [7, 11) is 1.33. The summed E-state index contributed by atoms with van der Waals surface area (Å²) in [5, 5.41) is -0.246. The Balaban J connectivity index is 2.11. The van der Waals surface area contributed by atoms with Crippen LogP contribution in [0.2, 0.25) is 0 Å². The zero-order valence-electron chi connectivity index (χ0n) is 15.4. The second-order valence-electron chi connectivity index (χ2n) is 5.98. The van der Waals surface area contributed by atoms with Gasteiger partial charge in [0.15, 0.2) is 0 Å². The van der Waals surface area contributed by atoms with Gasteiger partial charge in [-0.3, -0.25) is 19.4 Å². The number of methoxy groups -OCH3 is 1. The fourth-order valence-electron chi connectivity index (χ4n) is 2.69. The largest absolute Gasteiger partial charge is 0.465 e. The summed E-state index contributed by atoms with van der Waals surface area (Å²) in [4.78, 5) is 40.1. The summed E-state index contributed by atoms with van der Waals surface area (Å²) in [5.41, 5.74) is 1.19. The zero-order valence-corrected chi connectivity index (χ0v) is 16.2. The van der Waals surface area contributed by atoms with Crippen molar-refractivity contribution >= 4 is 35.0 Å². The molecule has 7 heteroatoms. The van der Waals surface area contributed by atoms with E-state index in [0.717, 1.165) is 43.3 Å². The maximum absolute atomic E-state index is 12.6. The van der Waals surface area contributed by atoms with Gasteiger partial charge >= 0.3 is 5.97 Å². The smallest absolute Gasteiger partial charge is 0.337 e. The third-order valence-electron chi connectivity index (χ3n) is 3.92. The van der Waals surface area contributed by atoms with Crippen molar-refractivity contribution in [2.45, 2.75) is 26.7 Å². The Hall–Kier alpha value is -2.12. The summed E-state index contributed by atoms with van der Waals surface area (Å²) in [6.45, 7) is 6.18. The third-order valence-corrected chi connectivity index (χ3v) is 4.83. The molecule has 1 aliphatic heterocycles. The average Bonchev–Trinajstić information content (AvgIpc) is 2.89. The number of carbonyl (C=O) groups excluding carboxylic acids is 3. The minimum absolute atomic E-state index is 0.246. The van der Waals surface area contributed by atoms with Gasteiger partial charge in [-0.05, 0) is 61.5 Å². The first-order valence-corrected chi connectivity index (χ1v) is 9.47. The van der Waals surface area contributed by atoms with Gasteiger partial charge in [-0.25, -0.2) is 4.79 Å². The summed E-state index contributed by atoms with van der Waals surface area (Å²) in [6, 6.07) is 6.71. The number of esters is 1. The number of thioether (sulfide) groups is 1. The number of hydrogen-bond donors (Lipinski definition) is 0. The molecule has 0 N–H and O–H groups in total. The molecule has 0 spiro atoms. The van der Waals surface area contributed by atoms with Gasteiger partial charge in [0.05, 0.1) is 24.2 Å². The maximum Gasteiger partial charge on any atom is 0.337 e. The molecule has 0 atom stereocenters. The summed E-state index contributed by atoms with van der Waals surface area (Å²) in [5.74, 6) is -0.682. The van der Waals surface area contributed by atoms with Gasteiger partial charge < -0.3 is 4.74 Å². The number of imide groups is 1.